The molecule has 0 bridgehead atoms. The van der Waals surface area contributed by atoms with Crippen LogP contribution >= 0.6 is 0 Å². The van der Waals surface area contributed by atoms with E-state index < -0.39 is 0 Å². The highest BCUT2D eigenvalue weighted by Gasteiger charge is 2.18. The number of fused-ring (bicyclic) bond motifs is 2. The second kappa shape index (κ2) is 6.02. The van der Waals surface area contributed by atoms with Gasteiger partial charge in [-0.3, -0.25) is 0 Å². The highest BCUT2D eigenvalue weighted by molar-refractivity contribution is 5.82. The van der Waals surface area contributed by atoms with Gasteiger partial charge in [-0.2, -0.15) is 0 Å². The van der Waals surface area contributed by atoms with Crippen LogP contribution in [0.3, 0.4) is 0 Å². The number of imidazole rings is 2. The fourth-order valence-electron chi connectivity index (χ4n) is 3.80. The van der Waals surface area contributed by atoms with E-state index in [2.05, 4.69) is 41.2 Å². The van der Waals surface area contributed by atoms with Crippen molar-refractivity contribution >= 4 is 22.1 Å². The number of benzene rings is 2. The Bertz CT molecular complexity index is 1360. The molecule has 0 spiro atoms. The quantitative estimate of drug-likeness (QED) is 0.450. The Morgan fingerprint density at radius 2 is 1.21 bits per heavy atom. The number of nitrogens with zero attached hydrogens (tertiary/aromatic N) is 5. The lowest BCUT2D eigenvalue weighted by Crippen LogP contribution is -2.02. The van der Waals surface area contributed by atoms with Gasteiger partial charge < -0.3 is 9.13 Å². The number of aromatic nitrogens is 5. The smallest absolute Gasteiger partial charge is 0.159 e. The lowest BCUT2D eigenvalue weighted by molar-refractivity contribution is 0.933. The second-order valence-corrected chi connectivity index (χ2v) is 7.26. The maximum Gasteiger partial charge on any atom is 0.159 e. The van der Waals surface area contributed by atoms with E-state index in [1.807, 2.05) is 50.5 Å². The van der Waals surface area contributed by atoms with Gasteiger partial charge in [-0.1, -0.05) is 24.3 Å². The first-order valence-corrected chi connectivity index (χ1v) is 9.36. The lowest BCUT2D eigenvalue weighted by atomic mass is 10.1. The van der Waals surface area contributed by atoms with Crippen LogP contribution < -0.4 is 0 Å². The molecule has 0 aliphatic heterocycles. The minimum Gasteiger partial charge on any atom is -0.326 e. The van der Waals surface area contributed by atoms with E-state index in [0.717, 1.165) is 50.7 Å². The summed E-state index contributed by atoms with van der Waals surface area (Å²) in [6.07, 6.45) is 0. The molecule has 0 atom stereocenters. The Morgan fingerprint density at radius 3 is 1.82 bits per heavy atom. The van der Waals surface area contributed by atoms with E-state index in [0.29, 0.717) is 0 Å². The standard InChI is InChI=1S/C23H21N5/c1-14-13-18(22-25-16-9-5-7-11-19(16)27(22)3)24-21(15(14)2)23-26-17-10-6-8-12-20(17)28(23)4/h5-13H,1-4H3. The molecule has 0 unspecified atom stereocenters. The molecule has 2 aromatic carbocycles. The molecule has 0 aliphatic carbocycles. The van der Waals surface area contributed by atoms with Gasteiger partial charge in [0.1, 0.15) is 11.4 Å². The van der Waals surface area contributed by atoms with Gasteiger partial charge in [0, 0.05) is 14.1 Å². The molecule has 0 N–H and O–H groups in total. The van der Waals surface area contributed by atoms with Crippen molar-refractivity contribution in [2.24, 2.45) is 14.1 Å². The van der Waals surface area contributed by atoms with Crippen molar-refractivity contribution in [3.63, 3.8) is 0 Å². The molecule has 0 amide bonds. The SMILES string of the molecule is Cc1cc(-c2nc3ccccc3n2C)nc(-c2nc3ccccc3n2C)c1C. The van der Waals surface area contributed by atoms with Crippen molar-refractivity contribution in [3.05, 3.63) is 65.7 Å². The van der Waals surface area contributed by atoms with Gasteiger partial charge in [-0.25, -0.2) is 15.0 Å². The van der Waals surface area contributed by atoms with Gasteiger partial charge in [0.25, 0.3) is 0 Å². The van der Waals surface area contributed by atoms with Gasteiger partial charge in [-0.05, 0) is 55.3 Å². The normalized spacial score (nSPS) is 11.6. The molecule has 28 heavy (non-hydrogen) atoms. The molecule has 5 heteroatoms. The van der Waals surface area contributed by atoms with Crippen LogP contribution in [0, 0.1) is 13.8 Å². The van der Waals surface area contributed by atoms with Gasteiger partial charge in [0.2, 0.25) is 0 Å². The summed E-state index contributed by atoms with van der Waals surface area (Å²) in [5, 5.41) is 0. The molecule has 5 rings (SSSR count). The van der Waals surface area contributed by atoms with Crippen LogP contribution in [0.4, 0.5) is 0 Å². The lowest BCUT2D eigenvalue weighted by Gasteiger charge is -2.11. The highest BCUT2D eigenvalue weighted by atomic mass is 15.1. The Hall–Kier alpha value is -3.47. The minimum atomic E-state index is 0.865. The molecule has 0 aliphatic rings. The fourth-order valence-corrected chi connectivity index (χ4v) is 3.80. The number of aryl methyl sites for hydroxylation is 3. The van der Waals surface area contributed by atoms with Crippen LogP contribution in [-0.4, -0.2) is 24.1 Å². The van der Waals surface area contributed by atoms with Gasteiger partial charge in [0.15, 0.2) is 11.6 Å². The Kier molecular flexibility index (Phi) is 3.59. The summed E-state index contributed by atoms with van der Waals surface area (Å²) >= 11 is 0. The molecular weight excluding hydrogens is 346 g/mol. The van der Waals surface area contributed by atoms with Crippen molar-refractivity contribution in [3.8, 4) is 23.0 Å². The number of hydrogen-bond acceptors (Lipinski definition) is 3. The number of pyridine rings is 1. The largest absolute Gasteiger partial charge is 0.326 e. The third-order valence-corrected chi connectivity index (χ3v) is 5.55. The predicted molar refractivity (Wildman–Crippen MR) is 113 cm³/mol. The average molecular weight is 367 g/mol. The van der Waals surface area contributed by atoms with E-state index in [4.69, 9.17) is 15.0 Å². The topological polar surface area (TPSA) is 48.5 Å². The number of para-hydroxylation sites is 4. The summed E-state index contributed by atoms with van der Waals surface area (Å²) < 4.78 is 4.22. The van der Waals surface area contributed by atoms with Crippen LogP contribution in [0.5, 0.6) is 0 Å². The monoisotopic (exact) mass is 367 g/mol. The zero-order chi connectivity index (χ0) is 19.4. The molecule has 0 radical (unpaired) electrons. The third kappa shape index (κ3) is 2.36. The van der Waals surface area contributed by atoms with Gasteiger partial charge in [-0.15, -0.1) is 0 Å². The first kappa shape index (κ1) is 16.7. The molecule has 3 heterocycles. The van der Waals surface area contributed by atoms with Gasteiger partial charge in [0.05, 0.1) is 22.1 Å². The van der Waals surface area contributed by atoms with Crippen molar-refractivity contribution in [2.75, 3.05) is 0 Å². The van der Waals surface area contributed by atoms with Crippen molar-refractivity contribution in [1.82, 2.24) is 24.1 Å². The van der Waals surface area contributed by atoms with Crippen LogP contribution in [0.25, 0.3) is 45.1 Å². The maximum absolute atomic E-state index is 5.02. The molecule has 0 fully saturated rings. The van der Waals surface area contributed by atoms with E-state index >= 15 is 0 Å². The maximum atomic E-state index is 5.02. The zero-order valence-electron chi connectivity index (χ0n) is 16.4. The first-order chi connectivity index (χ1) is 13.5. The van der Waals surface area contributed by atoms with Crippen LogP contribution in [0.1, 0.15) is 11.1 Å². The molecule has 3 aromatic heterocycles. The number of hydrogen-bond donors (Lipinski definition) is 0. The van der Waals surface area contributed by atoms with Gasteiger partial charge >= 0.3 is 0 Å². The summed E-state index contributed by atoms with van der Waals surface area (Å²) in [7, 11) is 4.08. The van der Waals surface area contributed by atoms with Crippen LogP contribution in [-0.2, 0) is 14.1 Å². The average Bonchev–Trinajstić information content (AvgIpc) is 3.22. The molecule has 0 saturated heterocycles. The van der Waals surface area contributed by atoms with E-state index in [1.165, 1.54) is 5.56 Å². The summed E-state index contributed by atoms with van der Waals surface area (Å²) in [4.78, 5) is 14.7. The van der Waals surface area contributed by atoms with Crippen LogP contribution in [0.2, 0.25) is 0 Å². The predicted octanol–water partition coefficient (Wildman–Crippen LogP) is 4.81. The zero-order valence-corrected chi connectivity index (χ0v) is 16.4. The molecule has 5 aromatic rings. The molecule has 138 valence electrons. The van der Waals surface area contributed by atoms with E-state index in [-0.39, 0.29) is 0 Å². The molecule has 5 nitrogen and oxygen atoms in total. The van der Waals surface area contributed by atoms with E-state index in [1.54, 1.807) is 0 Å². The van der Waals surface area contributed by atoms with Crippen LogP contribution in [0.15, 0.2) is 54.6 Å². The molecule has 0 saturated carbocycles. The van der Waals surface area contributed by atoms with Crippen molar-refractivity contribution in [1.29, 1.82) is 0 Å². The second-order valence-electron chi connectivity index (χ2n) is 7.26. The van der Waals surface area contributed by atoms with E-state index in [9.17, 15) is 0 Å². The summed E-state index contributed by atoms with van der Waals surface area (Å²) in [6.45, 7) is 4.23. The van der Waals surface area contributed by atoms with Crippen molar-refractivity contribution < 1.29 is 0 Å². The van der Waals surface area contributed by atoms with Crippen molar-refractivity contribution in [2.45, 2.75) is 13.8 Å². The summed E-state index contributed by atoms with van der Waals surface area (Å²) in [5.74, 6) is 1.74. The Labute approximate surface area is 163 Å². The Morgan fingerprint density at radius 1 is 0.679 bits per heavy atom. The first-order valence-electron chi connectivity index (χ1n) is 9.36. The molecular formula is C23H21N5. The summed E-state index contributed by atoms with van der Waals surface area (Å²) in [6, 6.07) is 18.5. The summed E-state index contributed by atoms with van der Waals surface area (Å²) in [5.41, 5.74) is 8.24. The minimum absolute atomic E-state index is 0.865. The Balaban J connectivity index is 1.77. The number of rotatable bonds is 2. The highest BCUT2D eigenvalue weighted by Crippen LogP contribution is 2.30. The fraction of sp³-hybridized carbons (Fsp3) is 0.174. The third-order valence-electron chi connectivity index (χ3n) is 5.55.